The lowest BCUT2D eigenvalue weighted by atomic mass is 10.1. The molecule has 3 rings (SSSR count). The van der Waals surface area contributed by atoms with Gasteiger partial charge in [0, 0.05) is 0 Å². The lowest BCUT2D eigenvalue weighted by Gasteiger charge is -2.12. The van der Waals surface area contributed by atoms with Crippen LogP contribution in [0.3, 0.4) is 0 Å². The van der Waals surface area contributed by atoms with E-state index in [1.165, 1.54) is 0 Å². The SMILES string of the molecule is CCCOc1ccc(C=C2N=C(c3ccccc3Cl)OC2=O)cc1OCC. The largest absolute Gasteiger partial charge is 0.490 e. The van der Waals surface area contributed by atoms with Gasteiger partial charge in [-0.3, -0.25) is 0 Å². The zero-order valence-corrected chi connectivity index (χ0v) is 16.0. The Hall–Kier alpha value is -2.79. The molecule has 0 aliphatic carbocycles. The Bertz CT molecular complexity index is 905. The first-order chi connectivity index (χ1) is 13.1. The van der Waals surface area contributed by atoms with E-state index in [9.17, 15) is 4.79 Å². The van der Waals surface area contributed by atoms with Crippen LogP contribution < -0.4 is 9.47 Å². The van der Waals surface area contributed by atoms with E-state index in [1.807, 2.05) is 38.1 Å². The van der Waals surface area contributed by atoms with Crippen LogP contribution in [0.15, 0.2) is 53.2 Å². The molecule has 0 fully saturated rings. The van der Waals surface area contributed by atoms with Gasteiger partial charge in [0.05, 0.1) is 23.8 Å². The number of carbonyl (C=O) groups is 1. The first-order valence-corrected chi connectivity index (χ1v) is 9.17. The first-order valence-electron chi connectivity index (χ1n) is 8.79. The highest BCUT2D eigenvalue weighted by molar-refractivity contribution is 6.34. The van der Waals surface area contributed by atoms with Crippen LogP contribution in [0.5, 0.6) is 11.5 Å². The second-order valence-corrected chi connectivity index (χ2v) is 6.21. The molecule has 0 spiro atoms. The van der Waals surface area contributed by atoms with Crippen LogP contribution in [-0.4, -0.2) is 25.1 Å². The molecule has 6 heteroatoms. The molecule has 0 unspecified atom stereocenters. The van der Waals surface area contributed by atoms with E-state index >= 15 is 0 Å². The smallest absolute Gasteiger partial charge is 0.363 e. The maximum absolute atomic E-state index is 12.2. The van der Waals surface area contributed by atoms with Gasteiger partial charge in [0.2, 0.25) is 5.90 Å². The Kier molecular flexibility index (Phi) is 6.14. The van der Waals surface area contributed by atoms with Crippen LogP contribution in [-0.2, 0) is 9.53 Å². The Labute approximate surface area is 163 Å². The fraction of sp³-hybridized carbons (Fsp3) is 0.238. The van der Waals surface area contributed by atoms with Crippen molar-refractivity contribution in [1.29, 1.82) is 0 Å². The number of hydrogen-bond donors (Lipinski definition) is 0. The fourth-order valence-electron chi connectivity index (χ4n) is 2.53. The predicted molar refractivity (Wildman–Crippen MR) is 105 cm³/mol. The summed E-state index contributed by atoms with van der Waals surface area (Å²) < 4.78 is 16.6. The van der Waals surface area contributed by atoms with E-state index in [-0.39, 0.29) is 11.6 Å². The maximum Gasteiger partial charge on any atom is 0.363 e. The van der Waals surface area contributed by atoms with Crippen molar-refractivity contribution < 1.29 is 19.0 Å². The van der Waals surface area contributed by atoms with Crippen molar-refractivity contribution in [2.75, 3.05) is 13.2 Å². The molecular formula is C21H20ClNO4. The van der Waals surface area contributed by atoms with Crippen molar-refractivity contribution in [3.63, 3.8) is 0 Å². The van der Waals surface area contributed by atoms with Gasteiger partial charge < -0.3 is 14.2 Å². The van der Waals surface area contributed by atoms with Gasteiger partial charge in [-0.1, -0.05) is 36.7 Å². The highest BCUT2D eigenvalue weighted by atomic mass is 35.5. The molecule has 0 bridgehead atoms. The van der Waals surface area contributed by atoms with E-state index in [0.717, 1.165) is 12.0 Å². The Balaban J connectivity index is 1.90. The monoisotopic (exact) mass is 385 g/mol. The average Bonchev–Trinajstić information content (AvgIpc) is 3.02. The molecule has 140 valence electrons. The fourth-order valence-corrected chi connectivity index (χ4v) is 2.75. The van der Waals surface area contributed by atoms with Crippen LogP contribution in [0, 0.1) is 0 Å². The molecule has 0 atom stereocenters. The van der Waals surface area contributed by atoms with Gasteiger partial charge in [0.25, 0.3) is 0 Å². The van der Waals surface area contributed by atoms with Crippen molar-refractivity contribution >= 4 is 29.5 Å². The van der Waals surface area contributed by atoms with Gasteiger partial charge in [-0.15, -0.1) is 0 Å². The van der Waals surface area contributed by atoms with Crippen LogP contribution in [0.4, 0.5) is 0 Å². The molecule has 5 nitrogen and oxygen atoms in total. The summed E-state index contributed by atoms with van der Waals surface area (Å²) in [5, 5.41) is 0.473. The lowest BCUT2D eigenvalue weighted by molar-refractivity contribution is -0.129. The predicted octanol–water partition coefficient (Wildman–Crippen LogP) is 4.87. The minimum absolute atomic E-state index is 0.199. The van der Waals surface area contributed by atoms with Gasteiger partial charge >= 0.3 is 5.97 Å². The number of halogens is 1. The number of carbonyl (C=O) groups excluding carboxylic acids is 1. The molecule has 0 saturated heterocycles. The molecule has 2 aromatic carbocycles. The van der Waals surface area contributed by atoms with Crippen molar-refractivity contribution in [3.8, 4) is 11.5 Å². The zero-order valence-electron chi connectivity index (χ0n) is 15.2. The second kappa shape index (κ2) is 8.73. The normalized spacial score (nSPS) is 14.9. The number of benzene rings is 2. The molecule has 2 aromatic rings. The number of aliphatic imine (C=N–C) groups is 1. The summed E-state index contributed by atoms with van der Waals surface area (Å²) in [5.41, 5.74) is 1.54. The summed E-state index contributed by atoms with van der Waals surface area (Å²) in [6.45, 7) is 5.07. The number of ether oxygens (including phenoxy) is 3. The Morgan fingerprint density at radius 1 is 1.11 bits per heavy atom. The molecular weight excluding hydrogens is 366 g/mol. The topological polar surface area (TPSA) is 57.1 Å². The molecule has 27 heavy (non-hydrogen) atoms. The third kappa shape index (κ3) is 4.49. The van der Waals surface area contributed by atoms with Crippen LogP contribution in [0.2, 0.25) is 5.02 Å². The quantitative estimate of drug-likeness (QED) is 0.504. The number of hydrogen-bond acceptors (Lipinski definition) is 5. The highest BCUT2D eigenvalue weighted by Crippen LogP contribution is 2.30. The van der Waals surface area contributed by atoms with Crippen LogP contribution in [0.1, 0.15) is 31.4 Å². The molecule has 0 amide bonds. The molecule has 0 radical (unpaired) electrons. The van der Waals surface area contributed by atoms with Gasteiger partial charge in [0.15, 0.2) is 17.2 Å². The van der Waals surface area contributed by atoms with E-state index in [2.05, 4.69) is 4.99 Å². The molecule has 0 N–H and O–H groups in total. The van der Waals surface area contributed by atoms with Crippen LogP contribution in [0.25, 0.3) is 6.08 Å². The van der Waals surface area contributed by atoms with Crippen molar-refractivity contribution in [2.24, 2.45) is 4.99 Å². The van der Waals surface area contributed by atoms with Crippen LogP contribution >= 0.6 is 11.6 Å². The summed E-state index contributed by atoms with van der Waals surface area (Å²) in [7, 11) is 0. The third-order valence-corrected chi connectivity index (χ3v) is 4.09. The van der Waals surface area contributed by atoms with Gasteiger partial charge in [0.1, 0.15) is 0 Å². The first kappa shape index (κ1) is 19.0. The molecule has 0 saturated carbocycles. The lowest BCUT2D eigenvalue weighted by Crippen LogP contribution is -2.05. The highest BCUT2D eigenvalue weighted by Gasteiger charge is 2.25. The minimum Gasteiger partial charge on any atom is -0.490 e. The number of rotatable bonds is 7. The van der Waals surface area contributed by atoms with Crippen molar-refractivity contribution in [2.45, 2.75) is 20.3 Å². The van der Waals surface area contributed by atoms with Gasteiger partial charge in [-0.25, -0.2) is 9.79 Å². The van der Waals surface area contributed by atoms with Gasteiger partial charge in [-0.2, -0.15) is 0 Å². The summed E-state index contributed by atoms with van der Waals surface area (Å²) in [5.74, 6) is 0.982. The molecule has 1 heterocycles. The Morgan fingerprint density at radius 2 is 1.93 bits per heavy atom. The van der Waals surface area contributed by atoms with E-state index in [0.29, 0.717) is 35.3 Å². The van der Waals surface area contributed by atoms with E-state index in [1.54, 1.807) is 24.3 Å². The van der Waals surface area contributed by atoms with Gasteiger partial charge in [-0.05, 0) is 49.2 Å². The number of cyclic esters (lactones) is 1. The summed E-state index contributed by atoms with van der Waals surface area (Å²) in [6, 6.07) is 12.6. The Morgan fingerprint density at radius 3 is 2.67 bits per heavy atom. The third-order valence-electron chi connectivity index (χ3n) is 3.76. The molecule has 1 aliphatic rings. The summed E-state index contributed by atoms with van der Waals surface area (Å²) >= 11 is 6.15. The molecule has 1 aliphatic heterocycles. The number of esters is 1. The molecule has 0 aromatic heterocycles. The standard InChI is InChI=1S/C21H20ClNO4/c1-3-11-26-18-10-9-14(13-19(18)25-4-2)12-17-21(24)27-20(23-17)15-7-5-6-8-16(15)22/h5-10,12-13H,3-4,11H2,1-2H3. The summed E-state index contributed by atoms with van der Waals surface area (Å²) in [4.78, 5) is 16.5. The second-order valence-electron chi connectivity index (χ2n) is 5.80. The van der Waals surface area contributed by atoms with Crippen molar-refractivity contribution in [3.05, 3.63) is 64.3 Å². The maximum atomic E-state index is 12.2. The van der Waals surface area contributed by atoms with E-state index in [4.69, 9.17) is 25.8 Å². The average molecular weight is 386 g/mol. The van der Waals surface area contributed by atoms with E-state index < -0.39 is 5.97 Å². The minimum atomic E-state index is -0.519. The zero-order chi connectivity index (χ0) is 19.2. The number of nitrogens with zero attached hydrogens (tertiary/aromatic N) is 1. The summed E-state index contributed by atoms with van der Waals surface area (Å²) in [6.07, 6.45) is 2.56. The van der Waals surface area contributed by atoms with Crippen molar-refractivity contribution in [1.82, 2.24) is 0 Å².